The maximum absolute atomic E-state index is 11.5. The van der Waals surface area contributed by atoms with Gasteiger partial charge >= 0.3 is 0 Å². The van der Waals surface area contributed by atoms with Crippen LogP contribution in [0.25, 0.3) is 0 Å². The first-order valence-corrected chi connectivity index (χ1v) is 6.82. The number of nitrogens with one attached hydrogen (secondary N) is 1. The summed E-state index contributed by atoms with van der Waals surface area (Å²) in [6.45, 7) is 0. The Balaban J connectivity index is 1.91. The summed E-state index contributed by atoms with van der Waals surface area (Å²) in [6.07, 6.45) is 3.91. The summed E-state index contributed by atoms with van der Waals surface area (Å²) in [4.78, 5) is 0. The van der Waals surface area contributed by atoms with Crippen LogP contribution in [0.1, 0.15) is 25.7 Å². The lowest BCUT2D eigenvalue weighted by atomic mass is 10.4. The van der Waals surface area contributed by atoms with Crippen LogP contribution < -0.4 is 4.72 Å². The van der Waals surface area contributed by atoms with Gasteiger partial charge in [0.2, 0.25) is 10.0 Å². The summed E-state index contributed by atoms with van der Waals surface area (Å²) in [7, 11) is -3.06. The molecule has 0 unspecified atom stereocenters. The van der Waals surface area contributed by atoms with Crippen LogP contribution in [-0.4, -0.2) is 25.6 Å². The van der Waals surface area contributed by atoms with E-state index >= 15 is 0 Å². The highest BCUT2D eigenvalue weighted by Crippen LogP contribution is 2.38. The molecule has 0 amide bonds. The average Bonchev–Trinajstić information content (AvgIpc) is 2.86. The Morgan fingerprint density at radius 2 is 2.00 bits per heavy atom. The second-order valence-electron chi connectivity index (χ2n) is 4.24. The summed E-state index contributed by atoms with van der Waals surface area (Å²) < 4.78 is 25.8. The maximum Gasteiger partial charge on any atom is 0.212 e. The van der Waals surface area contributed by atoms with E-state index in [1.165, 1.54) is 0 Å². The lowest BCUT2D eigenvalue weighted by Gasteiger charge is -2.13. The average molecular weight is 224 g/mol. The van der Waals surface area contributed by atoms with E-state index in [1.807, 2.05) is 0 Å². The SMILES string of the molecule is O=S(=O)(CC1CC1)NC1(CCl)CC1. The van der Waals surface area contributed by atoms with Crippen LogP contribution in [0.4, 0.5) is 0 Å². The van der Waals surface area contributed by atoms with E-state index < -0.39 is 10.0 Å². The van der Waals surface area contributed by atoms with Gasteiger partial charge in [0, 0.05) is 11.4 Å². The first-order valence-electron chi connectivity index (χ1n) is 4.63. The topological polar surface area (TPSA) is 46.2 Å². The number of hydrogen-bond donors (Lipinski definition) is 1. The van der Waals surface area contributed by atoms with Crippen molar-refractivity contribution in [1.82, 2.24) is 4.72 Å². The molecule has 0 aromatic carbocycles. The van der Waals surface area contributed by atoms with Gasteiger partial charge in [-0.05, 0) is 31.6 Å². The molecule has 0 bridgehead atoms. The summed E-state index contributed by atoms with van der Waals surface area (Å²) >= 11 is 5.69. The summed E-state index contributed by atoms with van der Waals surface area (Å²) in [5.41, 5.74) is -0.282. The predicted octanol–water partition coefficient (Wildman–Crippen LogP) is 1.09. The van der Waals surface area contributed by atoms with Gasteiger partial charge in [0.25, 0.3) is 0 Å². The fourth-order valence-electron chi connectivity index (χ4n) is 1.38. The van der Waals surface area contributed by atoms with Gasteiger partial charge in [-0.1, -0.05) is 0 Å². The summed E-state index contributed by atoms with van der Waals surface area (Å²) in [5, 5.41) is 0. The minimum Gasteiger partial charge on any atom is -0.212 e. The van der Waals surface area contributed by atoms with E-state index in [9.17, 15) is 8.42 Å². The Morgan fingerprint density at radius 3 is 2.38 bits per heavy atom. The van der Waals surface area contributed by atoms with Crippen LogP contribution in [0.15, 0.2) is 0 Å². The third kappa shape index (κ3) is 2.58. The van der Waals surface area contributed by atoms with Gasteiger partial charge in [-0.3, -0.25) is 0 Å². The second kappa shape index (κ2) is 3.11. The standard InChI is InChI=1S/C8H14ClNO2S/c9-6-8(3-4-8)10-13(11,12)5-7-1-2-7/h7,10H,1-6H2. The van der Waals surface area contributed by atoms with Gasteiger partial charge < -0.3 is 0 Å². The van der Waals surface area contributed by atoms with Crippen molar-refractivity contribution in [2.75, 3.05) is 11.6 Å². The number of rotatable bonds is 5. The van der Waals surface area contributed by atoms with Crippen LogP contribution in [0, 0.1) is 5.92 Å². The number of alkyl halides is 1. The smallest absolute Gasteiger partial charge is 0.212 e. The molecule has 0 radical (unpaired) electrons. The van der Waals surface area contributed by atoms with Crippen molar-refractivity contribution in [3.8, 4) is 0 Å². The van der Waals surface area contributed by atoms with Crippen LogP contribution >= 0.6 is 11.6 Å². The van der Waals surface area contributed by atoms with E-state index in [-0.39, 0.29) is 5.54 Å². The first kappa shape index (κ1) is 9.74. The molecule has 0 aromatic rings. The van der Waals surface area contributed by atoms with Gasteiger partial charge in [-0.15, -0.1) is 11.6 Å². The minimum atomic E-state index is -3.06. The molecule has 2 rings (SSSR count). The van der Waals surface area contributed by atoms with Crippen LogP contribution in [0.5, 0.6) is 0 Å². The predicted molar refractivity (Wildman–Crippen MR) is 52.3 cm³/mol. The number of hydrogen-bond acceptors (Lipinski definition) is 2. The number of halogens is 1. The Morgan fingerprint density at radius 1 is 1.38 bits per heavy atom. The quantitative estimate of drug-likeness (QED) is 0.710. The van der Waals surface area contributed by atoms with Gasteiger partial charge in [0.15, 0.2) is 0 Å². The molecule has 76 valence electrons. The van der Waals surface area contributed by atoms with Crippen molar-refractivity contribution in [2.24, 2.45) is 5.92 Å². The van der Waals surface area contributed by atoms with Gasteiger partial charge in [-0.25, -0.2) is 13.1 Å². The molecule has 5 heteroatoms. The highest BCUT2D eigenvalue weighted by molar-refractivity contribution is 7.89. The molecular formula is C8H14ClNO2S. The molecule has 0 atom stereocenters. The van der Waals surface area contributed by atoms with Crippen molar-refractivity contribution in [3.05, 3.63) is 0 Å². The molecule has 0 aromatic heterocycles. The van der Waals surface area contributed by atoms with Gasteiger partial charge in [0.05, 0.1) is 5.75 Å². The van der Waals surface area contributed by atoms with E-state index in [0.717, 1.165) is 25.7 Å². The van der Waals surface area contributed by atoms with E-state index in [4.69, 9.17) is 11.6 Å². The minimum absolute atomic E-state index is 0.282. The molecule has 3 nitrogen and oxygen atoms in total. The van der Waals surface area contributed by atoms with Crippen molar-refractivity contribution in [1.29, 1.82) is 0 Å². The van der Waals surface area contributed by atoms with Gasteiger partial charge in [0.1, 0.15) is 0 Å². The molecule has 1 N–H and O–H groups in total. The molecule has 0 spiro atoms. The molecule has 0 saturated heterocycles. The lowest BCUT2D eigenvalue weighted by Crippen LogP contribution is -2.39. The Bertz CT molecular complexity index is 293. The molecule has 2 aliphatic rings. The molecular weight excluding hydrogens is 210 g/mol. The molecule has 2 fully saturated rings. The Kier molecular flexibility index (Phi) is 2.33. The molecule has 2 aliphatic carbocycles. The zero-order chi connectivity index (χ0) is 9.53. The first-order chi connectivity index (χ1) is 6.05. The molecule has 0 aliphatic heterocycles. The highest BCUT2D eigenvalue weighted by Gasteiger charge is 2.45. The molecule has 0 heterocycles. The summed E-state index contributed by atoms with van der Waals surface area (Å²) in [5.74, 6) is 1.10. The Hall–Kier alpha value is 0.200. The largest absolute Gasteiger partial charge is 0.212 e. The van der Waals surface area contributed by atoms with Gasteiger partial charge in [-0.2, -0.15) is 0 Å². The fraction of sp³-hybridized carbons (Fsp3) is 1.00. The zero-order valence-electron chi connectivity index (χ0n) is 7.42. The molecule has 2 saturated carbocycles. The maximum atomic E-state index is 11.5. The van der Waals surface area contributed by atoms with Crippen molar-refractivity contribution < 1.29 is 8.42 Å². The normalized spacial score (nSPS) is 25.9. The van der Waals surface area contributed by atoms with Crippen LogP contribution in [0.3, 0.4) is 0 Å². The monoisotopic (exact) mass is 223 g/mol. The van der Waals surface area contributed by atoms with Crippen LogP contribution in [0.2, 0.25) is 0 Å². The summed E-state index contributed by atoms with van der Waals surface area (Å²) in [6, 6.07) is 0. The van der Waals surface area contributed by atoms with Crippen LogP contribution in [-0.2, 0) is 10.0 Å². The lowest BCUT2D eigenvalue weighted by molar-refractivity contribution is 0.556. The zero-order valence-corrected chi connectivity index (χ0v) is 9.00. The van der Waals surface area contributed by atoms with E-state index in [0.29, 0.717) is 17.6 Å². The van der Waals surface area contributed by atoms with Crippen molar-refractivity contribution in [2.45, 2.75) is 31.2 Å². The highest BCUT2D eigenvalue weighted by atomic mass is 35.5. The fourth-order valence-corrected chi connectivity index (χ4v) is 3.77. The Labute approximate surface area is 83.9 Å². The second-order valence-corrected chi connectivity index (χ2v) is 6.28. The van der Waals surface area contributed by atoms with E-state index in [1.54, 1.807) is 0 Å². The van der Waals surface area contributed by atoms with E-state index in [2.05, 4.69) is 4.72 Å². The molecule has 13 heavy (non-hydrogen) atoms. The number of sulfonamides is 1. The van der Waals surface area contributed by atoms with Crippen molar-refractivity contribution in [3.63, 3.8) is 0 Å². The third-order valence-corrected chi connectivity index (χ3v) is 4.80. The van der Waals surface area contributed by atoms with Crippen molar-refractivity contribution >= 4 is 21.6 Å². The third-order valence-electron chi connectivity index (χ3n) is 2.63.